The molecule has 0 N–H and O–H groups in total. The average Bonchev–Trinajstić information content (AvgIpc) is 3.10. The first-order valence-electron chi connectivity index (χ1n) is 22.3. The van der Waals surface area contributed by atoms with Crippen molar-refractivity contribution in [1.82, 2.24) is 0 Å². The van der Waals surface area contributed by atoms with Crippen LogP contribution in [-0.2, 0) is 6.54 Å². The van der Waals surface area contributed by atoms with E-state index in [1.54, 1.807) is 0 Å². The number of aromatic nitrogens is 1. The number of hydrogen-bond acceptors (Lipinski definition) is 0. The van der Waals surface area contributed by atoms with Crippen molar-refractivity contribution in [3.8, 4) is 0 Å². The zero-order chi connectivity index (χ0) is 34.0. The van der Waals surface area contributed by atoms with Gasteiger partial charge in [0.25, 0.3) is 0 Å². The molecular weight excluding hydrogens is 590 g/mol. The van der Waals surface area contributed by atoms with Gasteiger partial charge >= 0.3 is 29.6 Å². The molecule has 0 atom stereocenters. The van der Waals surface area contributed by atoms with Gasteiger partial charge in [0.2, 0.25) is 0 Å². The Kier molecular flexibility index (Phi) is 49.4. The summed E-state index contributed by atoms with van der Waals surface area (Å²) in [4.78, 5) is 0. The molecule has 2 heteroatoms. The maximum absolute atomic E-state index is 2.30. The Morgan fingerprint density at radius 2 is 0.458 bits per heavy atom. The van der Waals surface area contributed by atoms with Crippen molar-refractivity contribution >= 4 is 0 Å². The van der Waals surface area contributed by atoms with E-state index in [0.29, 0.717) is 0 Å². The molecule has 0 saturated carbocycles. The van der Waals surface area contributed by atoms with Crippen LogP contribution in [0.25, 0.3) is 0 Å². The third-order valence-electron chi connectivity index (χ3n) is 10.3. The molecule has 280 valence electrons. The molecule has 0 spiro atoms. The van der Waals surface area contributed by atoms with Crippen molar-refractivity contribution in [2.24, 2.45) is 0 Å². The van der Waals surface area contributed by atoms with Gasteiger partial charge in [-0.2, -0.15) is 0 Å². The standard InChI is InChI=1S/C25H52.C21H38N.Na.H/c1-3-5-7-9-11-13-15-17-19-21-23-25-24-22-20-18-16-14-12-10-8-6-4-2;1-2-3-4-5-6-7-8-9-10-11-12-13-14-16-19-22-20-17-15-18-21-22;;/h3-25H2,1-2H3;15,17-18,20-21H,2-14,16,19H2,1H3;;/q;2*+1;-1. The van der Waals surface area contributed by atoms with Crippen LogP contribution < -0.4 is 34.1 Å². The zero-order valence-electron chi connectivity index (χ0n) is 35.2. The van der Waals surface area contributed by atoms with E-state index in [2.05, 4.69) is 55.9 Å². The first-order valence-corrected chi connectivity index (χ1v) is 22.3. The number of rotatable bonds is 37. The Balaban J connectivity index is -0.000000835. The topological polar surface area (TPSA) is 3.88 Å². The molecule has 0 radical (unpaired) electrons. The van der Waals surface area contributed by atoms with Crippen LogP contribution in [0.15, 0.2) is 30.6 Å². The number of unbranched alkanes of at least 4 members (excludes halogenated alkanes) is 35. The monoisotopic (exact) mass is 681 g/mol. The molecule has 1 heterocycles. The zero-order valence-corrected chi connectivity index (χ0v) is 36.2. The second kappa shape index (κ2) is 47.1. The van der Waals surface area contributed by atoms with Gasteiger partial charge in [0, 0.05) is 18.6 Å². The minimum absolute atomic E-state index is 0. The third kappa shape index (κ3) is 44.2. The van der Waals surface area contributed by atoms with Crippen molar-refractivity contribution in [2.75, 3.05) is 0 Å². The number of hydrogen-bond donors (Lipinski definition) is 0. The van der Waals surface area contributed by atoms with Crippen molar-refractivity contribution < 1.29 is 35.6 Å². The number of aryl methyl sites for hydroxylation is 1. The summed E-state index contributed by atoms with van der Waals surface area (Å²) in [6.07, 6.45) is 58.3. The fourth-order valence-corrected chi connectivity index (χ4v) is 6.93. The Morgan fingerprint density at radius 1 is 0.271 bits per heavy atom. The maximum atomic E-state index is 2.30. The molecule has 1 aromatic rings. The second-order valence-corrected chi connectivity index (χ2v) is 15.1. The fourth-order valence-electron chi connectivity index (χ4n) is 6.93. The van der Waals surface area contributed by atoms with Gasteiger partial charge in [-0.1, -0.05) is 252 Å². The molecule has 0 aromatic carbocycles. The van der Waals surface area contributed by atoms with E-state index >= 15 is 0 Å². The molecule has 1 nitrogen and oxygen atoms in total. The minimum atomic E-state index is 0. The summed E-state index contributed by atoms with van der Waals surface area (Å²) in [7, 11) is 0. The first-order chi connectivity index (χ1) is 23.3. The summed E-state index contributed by atoms with van der Waals surface area (Å²) in [6, 6.07) is 6.31. The molecule has 0 aliphatic carbocycles. The molecule has 0 unspecified atom stereocenters. The SMILES string of the molecule is CCCCCCCCCCCCCCCCCCCCCCCCC.CCCCCCCCCCCCCCCC[n+]1ccccc1.[H-].[Na+]. The molecule has 0 aliphatic rings. The summed E-state index contributed by atoms with van der Waals surface area (Å²) in [5.41, 5.74) is 0. The summed E-state index contributed by atoms with van der Waals surface area (Å²) in [5.74, 6) is 0. The van der Waals surface area contributed by atoms with E-state index in [1.165, 1.54) is 244 Å². The van der Waals surface area contributed by atoms with Crippen LogP contribution in [0.5, 0.6) is 0 Å². The van der Waals surface area contributed by atoms with E-state index in [1.807, 2.05) is 0 Å². The second-order valence-electron chi connectivity index (χ2n) is 15.1. The quantitative estimate of drug-likeness (QED) is 0.0374. The van der Waals surface area contributed by atoms with Crippen molar-refractivity contribution in [3.63, 3.8) is 0 Å². The Morgan fingerprint density at radius 3 is 0.667 bits per heavy atom. The molecule has 0 saturated heterocycles. The van der Waals surface area contributed by atoms with E-state index in [4.69, 9.17) is 0 Å². The largest absolute Gasteiger partial charge is 1.00 e. The molecule has 0 amide bonds. The van der Waals surface area contributed by atoms with Crippen LogP contribution in [0.3, 0.4) is 0 Å². The Bertz CT molecular complexity index is 632. The van der Waals surface area contributed by atoms with Gasteiger partial charge in [-0.15, -0.1) is 0 Å². The number of nitrogens with zero attached hydrogens (tertiary/aromatic N) is 1. The average molecular weight is 681 g/mol. The van der Waals surface area contributed by atoms with Gasteiger partial charge in [-0.05, 0) is 6.42 Å². The van der Waals surface area contributed by atoms with Crippen LogP contribution >= 0.6 is 0 Å². The Hall–Kier alpha value is 0.150. The van der Waals surface area contributed by atoms with Gasteiger partial charge < -0.3 is 1.43 Å². The van der Waals surface area contributed by atoms with Crippen molar-refractivity contribution in [1.29, 1.82) is 0 Å². The van der Waals surface area contributed by atoms with Crippen LogP contribution in [0.2, 0.25) is 0 Å². The van der Waals surface area contributed by atoms with Gasteiger partial charge in [0.1, 0.15) is 6.54 Å². The molecule has 48 heavy (non-hydrogen) atoms. The summed E-state index contributed by atoms with van der Waals surface area (Å²) >= 11 is 0. The van der Waals surface area contributed by atoms with E-state index < -0.39 is 0 Å². The number of pyridine rings is 1. The molecule has 0 aliphatic heterocycles. The van der Waals surface area contributed by atoms with Gasteiger partial charge in [0.15, 0.2) is 12.4 Å². The van der Waals surface area contributed by atoms with Crippen LogP contribution in [-0.4, -0.2) is 0 Å². The molecular formula is C46H91NNa+. The molecule has 1 rings (SSSR count). The van der Waals surface area contributed by atoms with Gasteiger partial charge in [-0.3, -0.25) is 0 Å². The fraction of sp³-hybridized carbons (Fsp3) is 0.891. The van der Waals surface area contributed by atoms with E-state index in [9.17, 15) is 0 Å². The molecule has 1 aromatic heterocycles. The summed E-state index contributed by atoms with van der Waals surface area (Å²) < 4.78 is 2.29. The first kappa shape index (κ1) is 50.3. The third-order valence-corrected chi connectivity index (χ3v) is 10.3. The van der Waals surface area contributed by atoms with E-state index in [0.717, 1.165) is 0 Å². The molecule has 0 fully saturated rings. The normalized spacial score (nSPS) is 10.9. The van der Waals surface area contributed by atoms with Crippen LogP contribution in [0, 0.1) is 0 Å². The maximum Gasteiger partial charge on any atom is 1.00 e. The van der Waals surface area contributed by atoms with E-state index in [-0.39, 0.29) is 31.0 Å². The summed E-state index contributed by atoms with van der Waals surface area (Å²) in [5, 5.41) is 0. The van der Waals surface area contributed by atoms with Gasteiger partial charge in [0.05, 0.1) is 0 Å². The van der Waals surface area contributed by atoms with Crippen LogP contribution in [0.4, 0.5) is 0 Å². The van der Waals surface area contributed by atoms with Crippen molar-refractivity contribution in [3.05, 3.63) is 30.6 Å². The van der Waals surface area contributed by atoms with Crippen LogP contribution in [0.1, 0.15) is 260 Å². The predicted octanol–water partition coefficient (Wildman–Crippen LogP) is 13.6. The van der Waals surface area contributed by atoms with Gasteiger partial charge in [-0.25, -0.2) is 4.57 Å². The minimum Gasteiger partial charge on any atom is -1.00 e. The Labute approximate surface area is 329 Å². The predicted molar refractivity (Wildman–Crippen MR) is 216 cm³/mol. The van der Waals surface area contributed by atoms with Crippen molar-refractivity contribution in [2.45, 2.75) is 265 Å². The molecule has 0 bridgehead atoms. The smallest absolute Gasteiger partial charge is 1.00 e. The summed E-state index contributed by atoms with van der Waals surface area (Å²) in [6.45, 7) is 8.08.